The van der Waals surface area contributed by atoms with Crippen LogP contribution in [-0.2, 0) is 25.9 Å². The first-order chi connectivity index (χ1) is 36.9. The summed E-state index contributed by atoms with van der Waals surface area (Å²) in [4.78, 5) is 11.5. The molecule has 0 radical (unpaired) electrons. The van der Waals surface area contributed by atoms with Gasteiger partial charge >= 0.3 is 0 Å². The Labute approximate surface area is 463 Å². The number of aromatic nitrogens is 5. The van der Waals surface area contributed by atoms with E-state index in [9.17, 15) is 17.6 Å². The largest absolute Gasteiger partial charge is 0.367 e. The first kappa shape index (κ1) is 63.4. The molecule has 1 aliphatic rings. The van der Waals surface area contributed by atoms with E-state index in [2.05, 4.69) is 58.5 Å². The van der Waals surface area contributed by atoms with Crippen molar-refractivity contribution in [2.45, 2.75) is 224 Å². The van der Waals surface area contributed by atoms with Crippen LogP contribution in [0, 0.1) is 34.6 Å². The molecule has 2 aromatic carbocycles. The number of aryl methyl sites for hydroxylation is 2. The fourth-order valence-electron chi connectivity index (χ4n) is 10.9. The number of hydrogen-bond donors (Lipinski definition) is 2. The molecule has 2 heterocycles. The standard InChI is InChI=1S/C61H93ClF4N8P2/c1-47(38-55-57(65)41-52(64)42-58(55)66)28-24-20-16-12-8-5-6-11-15-19-23-27-37-74-45-54(71-72-74)29-25-21-17-13-9-7-10-14-18-22-26-36-73(44-49-30-33-51(63)34-31-49)60-56(43-67)59(69-61(62)70-60)68-53-35-32-50(40-53)39-48(2)76(4)46-75-3/h30-31,33-34,41-43,45,48,50,53,67,75H,1,5-29,32,35-40,44,46H2,2-4H3,(H,68,69,70). The molecule has 5 unspecified atom stereocenters. The van der Waals surface area contributed by atoms with Crippen LogP contribution in [0.15, 0.2) is 54.7 Å². The number of halogens is 5. The van der Waals surface area contributed by atoms with Crippen molar-refractivity contribution < 1.29 is 17.6 Å². The summed E-state index contributed by atoms with van der Waals surface area (Å²) in [7, 11) is 1.12. The SMILES string of the molecule is C=C(CCCCCCCCCCCCCCn1cc(CCCCCCCCCCCCCN(Cc2ccc(F)cc2)c2nc(Cl)nc(NC3CCC(CC(C)P(C)CPC)C3)c2C=N)nn1)Cc1c(F)cc(F)cc1F. The summed E-state index contributed by atoms with van der Waals surface area (Å²) in [5.41, 5.74) is 4.26. The van der Waals surface area contributed by atoms with E-state index < -0.39 is 17.5 Å². The molecule has 0 aliphatic heterocycles. The van der Waals surface area contributed by atoms with Crippen LogP contribution in [0.5, 0.6) is 0 Å². The Morgan fingerprint density at radius 1 is 0.816 bits per heavy atom. The summed E-state index contributed by atoms with van der Waals surface area (Å²) < 4.78 is 56.9. The Hall–Kier alpha value is -3.46. The second-order valence-corrected chi connectivity index (χ2v) is 26.7. The average molecular weight is 1110 g/mol. The molecule has 0 amide bonds. The van der Waals surface area contributed by atoms with Gasteiger partial charge in [0.1, 0.15) is 34.9 Å². The zero-order valence-electron chi connectivity index (χ0n) is 46.6. The van der Waals surface area contributed by atoms with Crippen molar-refractivity contribution in [3.05, 3.63) is 106 Å². The highest BCUT2D eigenvalue weighted by Crippen LogP contribution is 2.46. The van der Waals surface area contributed by atoms with E-state index in [1.165, 1.54) is 153 Å². The number of anilines is 2. The smallest absolute Gasteiger partial charge is 0.226 e. The molecular formula is C61H93ClF4N8P2. The van der Waals surface area contributed by atoms with E-state index in [0.29, 0.717) is 35.7 Å². The average Bonchev–Trinajstić information content (AvgIpc) is 4.05. The maximum atomic E-state index is 13.9. The highest BCUT2D eigenvalue weighted by molar-refractivity contribution is 7.67. The number of nitrogens with one attached hydrogen (secondary N) is 2. The molecule has 5 atom stereocenters. The molecule has 2 aromatic heterocycles. The van der Waals surface area contributed by atoms with E-state index in [1.54, 1.807) is 0 Å². The van der Waals surface area contributed by atoms with Crippen LogP contribution in [0.4, 0.5) is 29.2 Å². The summed E-state index contributed by atoms with van der Waals surface area (Å²) in [5.74, 6) is 0.580. The fraction of sp³-hybridized carbons (Fsp3) is 0.656. The summed E-state index contributed by atoms with van der Waals surface area (Å²) >= 11 is 6.63. The molecule has 1 fully saturated rings. The maximum Gasteiger partial charge on any atom is 0.226 e. The van der Waals surface area contributed by atoms with E-state index in [4.69, 9.17) is 22.0 Å². The summed E-state index contributed by atoms with van der Waals surface area (Å²) in [6.07, 6.45) is 37.9. The summed E-state index contributed by atoms with van der Waals surface area (Å²) in [6, 6.07) is 8.44. The normalized spacial score (nSPS) is 15.5. The van der Waals surface area contributed by atoms with Crippen LogP contribution >= 0.6 is 28.1 Å². The Balaban J connectivity index is 0.854. The van der Waals surface area contributed by atoms with Crippen molar-refractivity contribution in [2.24, 2.45) is 5.92 Å². The molecule has 1 aliphatic carbocycles. The maximum absolute atomic E-state index is 13.9. The number of rotatable bonds is 42. The highest BCUT2D eigenvalue weighted by atomic mass is 35.5. The van der Waals surface area contributed by atoms with Gasteiger partial charge in [-0.25, -0.2) is 17.6 Å². The van der Waals surface area contributed by atoms with Gasteiger partial charge in [0, 0.05) is 55.8 Å². The minimum absolute atomic E-state index is 0.0887. The van der Waals surface area contributed by atoms with Crippen molar-refractivity contribution in [1.82, 2.24) is 25.0 Å². The van der Waals surface area contributed by atoms with Crippen molar-refractivity contribution >= 4 is 46.0 Å². The van der Waals surface area contributed by atoms with Gasteiger partial charge in [-0.1, -0.05) is 158 Å². The Kier molecular flexibility index (Phi) is 30.6. The quantitative estimate of drug-likeness (QED) is 0.0115. The third kappa shape index (κ3) is 24.3. The molecule has 15 heteroatoms. The first-order valence-electron chi connectivity index (χ1n) is 29.3. The first-order valence-corrected chi connectivity index (χ1v) is 33.4. The van der Waals surface area contributed by atoms with Crippen LogP contribution in [-0.4, -0.2) is 68.7 Å². The minimum atomic E-state index is -0.892. The van der Waals surface area contributed by atoms with Gasteiger partial charge in [0.15, 0.2) is 0 Å². The minimum Gasteiger partial charge on any atom is -0.367 e. The van der Waals surface area contributed by atoms with Gasteiger partial charge in [-0.05, 0) is 131 Å². The predicted molar refractivity (Wildman–Crippen MR) is 317 cm³/mol. The second-order valence-electron chi connectivity index (χ2n) is 22.0. The lowest BCUT2D eigenvalue weighted by Gasteiger charge is -2.27. The molecule has 4 aromatic rings. The van der Waals surface area contributed by atoms with E-state index in [1.807, 2.05) is 16.8 Å². The number of unbranched alkanes of at least 4 members (excludes halogenated alkanes) is 21. The molecule has 2 N–H and O–H groups in total. The number of nitrogens with zero attached hydrogens (tertiary/aromatic N) is 6. The summed E-state index contributed by atoms with van der Waals surface area (Å²) in [5, 5.41) is 21.2. The van der Waals surface area contributed by atoms with E-state index in [0.717, 1.165) is 114 Å². The molecule has 8 nitrogen and oxygen atoms in total. The van der Waals surface area contributed by atoms with Crippen LogP contribution in [0.3, 0.4) is 0 Å². The third-order valence-corrected chi connectivity index (χ3v) is 20.6. The highest BCUT2D eigenvalue weighted by Gasteiger charge is 2.29. The van der Waals surface area contributed by atoms with Crippen molar-refractivity contribution in [2.75, 3.05) is 36.0 Å². The van der Waals surface area contributed by atoms with Crippen LogP contribution in [0.25, 0.3) is 0 Å². The second kappa shape index (κ2) is 36.7. The zero-order valence-corrected chi connectivity index (χ0v) is 49.3. The molecule has 0 saturated heterocycles. The summed E-state index contributed by atoms with van der Waals surface area (Å²) in [6.45, 7) is 13.5. The zero-order chi connectivity index (χ0) is 54.3. The molecular weight excluding hydrogens is 1020 g/mol. The molecule has 1 saturated carbocycles. The molecule has 0 bridgehead atoms. The lowest BCUT2D eigenvalue weighted by Crippen LogP contribution is -2.28. The van der Waals surface area contributed by atoms with Crippen LogP contribution < -0.4 is 10.2 Å². The van der Waals surface area contributed by atoms with Crippen molar-refractivity contribution in [3.63, 3.8) is 0 Å². The van der Waals surface area contributed by atoms with Gasteiger partial charge in [0.25, 0.3) is 0 Å². The topological polar surface area (TPSA) is 95.6 Å². The Morgan fingerprint density at radius 3 is 2.00 bits per heavy atom. The number of benzene rings is 2. The Bertz CT molecular complexity index is 2240. The molecule has 0 spiro atoms. The number of allylic oxidation sites excluding steroid dienone is 1. The Morgan fingerprint density at radius 2 is 1.39 bits per heavy atom. The van der Waals surface area contributed by atoms with E-state index in [-0.39, 0.29) is 31.0 Å². The van der Waals surface area contributed by atoms with Crippen molar-refractivity contribution in [3.8, 4) is 0 Å². The fourth-order valence-corrected chi connectivity index (χ4v) is 15.0. The predicted octanol–water partition coefficient (Wildman–Crippen LogP) is 18.4. The molecule has 422 valence electrons. The van der Waals surface area contributed by atoms with Gasteiger partial charge in [-0.3, -0.25) is 4.68 Å². The third-order valence-electron chi connectivity index (χ3n) is 15.5. The van der Waals surface area contributed by atoms with Crippen LogP contribution in [0.2, 0.25) is 5.28 Å². The monoisotopic (exact) mass is 1110 g/mol. The lowest BCUT2D eigenvalue weighted by atomic mass is 9.99. The van der Waals surface area contributed by atoms with Gasteiger partial charge in [-0.2, -0.15) is 9.97 Å². The van der Waals surface area contributed by atoms with Gasteiger partial charge in [0.2, 0.25) is 5.28 Å². The molecule has 76 heavy (non-hydrogen) atoms. The van der Waals surface area contributed by atoms with Gasteiger partial charge in [-0.15, -0.1) is 21.6 Å². The number of hydrogen-bond acceptors (Lipinski definition) is 7. The van der Waals surface area contributed by atoms with Crippen molar-refractivity contribution in [1.29, 1.82) is 5.41 Å². The van der Waals surface area contributed by atoms with E-state index >= 15 is 0 Å². The van der Waals surface area contributed by atoms with Gasteiger partial charge < -0.3 is 15.6 Å². The molecule has 5 rings (SSSR count). The lowest BCUT2D eigenvalue weighted by molar-refractivity contribution is 0.496. The van der Waals surface area contributed by atoms with Gasteiger partial charge in [0.05, 0.1) is 11.3 Å². The van der Waals surface area contributed by atoms with Crippen LogP contribution in [0.1, 0.15) is 209 Å².